The lowest BCUT2D eigenvalue weighted by Crippen LogP contribution is -2.49. The van der Waals surface area contributed by atoms with Crippen molar-refractivity contribution in [3.05, 3.63) is 58.4 Å². The van der Waals surface area contributed by atoms with Gasteiger partial charge in [0, 0.05) is 24.0 Å². The summed E-state index contributed by atoms with van der Waals surface area (Å²) >= 11 is 0. The Bertz CT molecular complexity index is 983. The molecule has 7 heteroatoms. The molecule has 0 aliphatic carbocycles. The van der Waals surface area contributed by atoms with Gasteiger partial charge in [-0.1, -0.05) is 26.0 Å². The fourth-order valence-electron chi connectivity index (χ4n) is 3.57. The number of Topliss-reactive ketones (excluding diaryl/α,β-unsaturated/α-hetero) is 1. The van der Waals surface area contributed by atoms with E-state index in [0.717, 1.165) is 16.3 Å². The number of carbonyl (C=O) groups excluding carboxylic acids is 4. The van der Waals surface area contributed by atoms with E-state index in [0.29, 0.717) is 5.56 Å². The number of nitrogens with zero attached hydrogens (tertiary/aromatic N) is 2. The number of benzene rings is 1. The van der Waals surface area contributed by atoms with Crippen molar-refractivity contribution in [3.63, 3.8) is 0 Å². The van der Waals surface area contributed by atoms with Crippen molar-refractivity contribution in [2.24, 2.45) is 13.0 Å². The van der Waals surface area contributed by atoms with E-state index in [1.165, 1.54) is 0 Å². The molecule has 0 spiro atoms. The van der Waals surface area contributed by atoms with E-state index in [1.54, 1.807) is 44.2 Å². The highest BCUT2D eigenvalue weighted by Crippen LogP contribution is 2.27. The summed E-state index contributed by atoms with van der Waals surface area (Å²) in [5.41, 5.74) is 2.72. The van der Waals surface area contributed by atoms with E-state index in [9.17, 15) is 19.2 Å². The van der Waals surface area contributed by atoms with E-state index in [4.69, 9.17) is 4.74 Å². The molecular formula is C22H24N2O5. The molecule has 152 valence electrons. The van der Waals surface area contributed by atoms with Gasteiger partial charge in [-0.2, -0.15) is 0 Å². The highest BCUT2D eigenvalue weighted by molar-refractivity contribution is 6.22. The fraction of sp³-hybridized carbons (Fsp3) is 0.364. The molecular weight excluding hydrogens is 372 g/mol. The summed E-state index contributed by atoms with van der Waals surface area (Å²) < 4.78 is 7.13. The lowest BCUT2D eigenvalue weighted by Gasteiger charge is -2.27. The molecule has 2 aromatic rings. The van der Waals surface area contributed by atoms with Crippen molar-refractivity contribution in [1.82, 2.24) is 9.47 Å². The number of aromatic nitrogens is 1. The maximum atomic E-state index is 12.8. The third-order valence-electron chi connectivity index (χ3n) is 5.40. The summed E-state index contributed by atoms with van der Waals surface area (Å²) in [5, 5.41) is 0. The summed E-state index contributed by atoms with van der Waals surface area (Å²) in [4.78, 5) is 51.7. The summed E-state index contributed by atoms with van der Waals surface area (Å²) in [6.07, 6.45) is 0. The molecule has 0 fully saturated rings. The number of rotatable bonds is 6. The summed E-state index contributed by atoms with van der Waals surface area (Å²) in [6, 6.07) is 7.09. The van der Waals surface area contributed by atoms with Crippen LogP contribution < -0.4 is 0 Å². The molecule has 3 rings (SSSR count). The van der Waals surface area contributed by atoms with Crippen LogP contribution in [0.3, 0.4) is 0 Å². The number of amides is 2. The minimum atomic E-state index is -1.10. The number of fused-ring (bicyclic) bond motifs is 1. The Morgan fingerprint density at radius 1 is 1.03 bits per heavy atom. The Morgan fingerprint density at radius 2 is 1.59 bits per heavy atom. The third kappa shape index (κ3) is 3.48. The zero-order valence-corrected chi connectivity index (χ0v) is 17.2. The van der Waals surface area contributed by atoms with Crippen LogP contribution in [-0.2, 0) is 16.6 Å². The van der Waals surface area contributed by atoms with Crippen molar-refractivity contribution >= 4 is 23.6 Å². The molecule has 1 aliphatic heterocycles. The maximum absolute atomic E-state index is 12.8. The number of hydrogen-bond acceptors (Lipinski definition) is 5. The Hall–Kier alpha value is -3.22. The SMILES string of the molecule is Cc1cc(C(=O)COC(=O)[C@H](C(C)C)N2C(=O)c3ccccc3C2=O)c(C)n1C. The Morgan fingerprint density at radius 3 is 2.03 bits per heavy atom. The number of hydrogen-bond donors (Lipinski definition) is 0. The molecule has 2 amide bonds. The number of ketones is 1. The van der Waals surface area contributed by atoms with Crippen molar-refractivity contribution in [2.75, 3.05) is 6.61 Å². The van der Waals surface area contributed by atoms with Crippen LogP contribution in [0.2, 0.25) is 0 Å². The standard InChI is InChI=1S/C22H24N2O5/c1-12(2)19(24-20(26)15-8-6-7-9-16(15)21(24)27)22(28)29-11-18(25)17-10-13(3)23(5)14(17)4/h6-10,12,19H,11H2,1-5H3/t19-/m0/s1. The van der Waals surface area contributed by atoms with Crippen LogP contribution in [0.1, 0.15) is 56.3 Å². The predicted molar refractivity (Wildman–Crippen MR) is 106 cm³/mol. The number of esters is 1. The average Bonchev–Trinajstić information content (AvgIpc) is 3.09. The average molecular weight is 396 g/mol. The first-order valence-corrected chi connectivity index (χ1v) is 9.44. The van der Waals surface area contributed by atoms with E-state index in [-0.39, 0.29) is 22.8 Å². The predicted octanol–water partition coefficient (Wildman–Crippen LogP) is 2.69. The summed E-state index contributed by atoms with van der Waals surface area (Å²) in [5.74, 6) is -2.53. The molecule has 7 nitrogen and oxygen atoms in total. The zero-order valence-electron chi connectivity index (χ0n) is 17.2. The minimum Gasteiger partial charge on any atom is -0.456 e. The van der Waals surface area contributed by atoms with Gasteiger partial charge in [0.2, 0.25) is 5.78 Å². The van der Waals surface area contributed by atoms with Gasteiger partial charge in [-0.15, -0.1) is 0 Å². The van der Waals surface area contributed by atoms with Gasteiger partial charge in [0.05, 0.1) is 11.1 Å². The number of carbonyl (C=O) groups is 4. The first-order valence-electron chi connectivity index (χ1n) is 9.44. The van der Waals surface area contributed by atoms with Crippen LogP contribution in [0.4, 0.5) is 0 Å². The van der Waals surface area contributed by atoms with Gasteiger partial charge in [0.15, 0.2) is 6.61 Å². The molecule has 0 N–H and O–H groups in total. The van der Waals surface area contributed by atoms with E-state index in [2.05, 4.69) is 0 Å². The van der Waals surface area contributed by atoms with Gasteiger partial charge < -0.3 is 9.30 Å². The molecule has 0 unspecified atom stereocenters. The van der Waals surface area contributed by atoms with Gasteiger partial charge in [0.1, 0.15) is 6.04 Å². The number of ether oxygens (including phenoxy) is 1. The largest absolute Gasteiger partial charge is 0.456 e. The van der Waals surface area contributed by atoms with Gasteiger partial charge >= 0.3 is 5.97 Å². The molecule has 1 aromatic carbocycles. The second-order valence-electron chi connectivity index (χ2n) is 7.59. The molecule has 29 heavy (non-hydrogen) atoms. The quantitative estimate of drug-likeness (QED) is 0.426. The minimum absolute atomic E-state index is 0.266. The van der Waals surface area contributed by atoms with Crippen molar-refractivity contribution in [3.8, 4) is 0 Å². The first-order chi connectivity index (χ1) is 13.6. The second-order valence-corrected chi connectivity index (χ2v) is 7.59. The van der Waals surface area contributed by atoms with Crippen LogP contribution in [0, 0.1) is 19.8 Å². The van der Waals surface area contributed by atoms with Crippen molar-refractivity contribution in [2.45, 2.75) is 33.7 Å². The lowest BCUT2D eigenvalue weighted by atomic mass is 10.0. The molecule has 1 atom stereocenters. The van der Waals surface area contributed by atoms with E-state index < -0.39 is 30.4 Å². The summed E-state index contributed by atoms with van der Waals surface area (Å²) in [7, 11) is 1.85. The van der Waals surface area contributed by atoms with Crippen LogP contribution in [0.5, 0.6) is 0 Å². The topological polar surface area (TPSA) is 85.7 Å². The molecule has 1 aromatic heterocycles. The van der Waals surface area contributed by atoms with E-state index >= 15 is 0 Å². The zero-order chi connectivity index (χ0) is 21.5. The monoisotopic (exact) mass is 396 g/mol. The first kappa shape index (κ1) is 20.5. The molecule has 0 saturated heterocycles. The smallest absolute Gasteiger partial charge is 0.330 e. The molecule has 2 heterocycles. The van der Waals surface area contributed by atoms with E-state index in [1.807, 2.05) is 25.5 Å². The Kier molecular flexibility index (Phi) is 5.42. The van der Waals surface area contributed by atoms with Gasteiger partial charge in [0.25, 0.3) is 11.8 Å². The normalized spacial score (nSPS) is 14.3. The second kappa shape index (κ2) is 7.66. The van der Waals surface area contributed by atoms with Gasteiger partial charge in [-0.05, 0) is 38.0 Å². The number of imide groups is 1. The van der Waals surface area contributed by atoms with Gasteiger partial charge in [-0.25, -0.2) is 4.79 Å². The van der Waals surface area contributed by atoms with Gasteiger partial charge in [-0.3, -0.25) is 19.3 Å². The maximum Gasteiger partial charge on any atom is 0.330 e. The molecule has 0 saturated carbocycles. The summed E-state index contributed by atoms with van der Waals surface area (Å²) in [6.45, 7) is 6.70. The lowest BCUT2D eigenvalue weighted by molar-refractivity contribution is -0.148. The molecule has 1 aliphatic rings. The molecule has 0 bridgehead atoms. The molecule has 0 radical (unpaired) electrons. The van der Waals surface area contributed by atoms with Crippen LogP contribution in [0.25, 0.3) is 0 Å². The van der Waals surface area contributed by atoms with Crippen LogP contribution in [-0.4, -0.2) is 45.7 Å². The van der Waals surface area contributed by atoms with Crippen LogP contribution >= 0.6 is 0 Å². The van der Waals surface area contributed by atoms with Crippen molar-refractivity contribution in [1.29, 1.82) is 0 Å². The number of aryl methyl sites for hydroxylation is 1. The third-order valence-corrected chi connectivity index (χ3v) is 5.40. The Balaban J connectivity index is 1.77. The van der Waals surface area contributed by atoms with Crippen molar-refractivity contribution < 1.29 is 23.9 Å². The highest BCUT2D eigenvalue weighted by Gasteiger charge is 2.44. The fourth-order valence-corrected chi connectivity index (χ4v) is 3.57. The highest BCUT2D eigenvalue weighted by atomic mass is 16.5. The Labute approximate surface area is 169 Å². The van der Waals surface area contributed by atoms with Crippen LogP contribution in [0.15, 0.2) is 30.3 Å².